The van der Waals surface area contributed by atoms with E-state index in [9.17, 15) is 9.59 Å². The van der Waals surface area contributed by atoms with Gasteiger partial charge >= 0.3 is 0 Å². The van der Waals surface area contributed by atoms with E-state index in [1.807, 2.05) is 42.5 Å². The molecule has 4 rings (SSSR count). The standard InChI is InChI=1S/C24H27N3O2/c1-27(2)13-7-3-4-10-22(28)25-17-11-12-18-16(14-17)15-21-19-8-5-6-9-20(19)24(29)26-23(18)21/h5-6,8-9,11-12,14H,3-4,7,10,13,15H2,1-2H3,(H,25,28)(H,26,29). The van der Waals surface area contributed by atoms with Gasteiger partial charge in [-0.05, 0) is 68.2 Å². The first-order valence-electron chi connectivity index (χ1n) is 10.2. The molecule has 0 aliphatic heterocycles. The molecule has 1 aliphatic carbocycles. The molecule has 0 saturated carbocycles. The van der Waals surface area contributed by atoms with Crippen LogP contribution in [0.3, 0.4) is 0 Å². The average molecular weight is 389 g/mol. The highest BCUT2D eigenvalue weighted by Crippen LogP contribution is 2.38. The molecule has 0 bridgehead atoms. The van der Waals surface area contributed by atoms with E-state index in [0.29, 0.717) is 6.42 Å². The third kappa shape index (κ3) is 4.10. The number of unbranched alkanes of at least 4 members (excludes halogenated alkanes) is 2. The highest BCUT2D eigenvalue weighted by Gasteiger charge is 2.22. The Morgan fingerprint density at radius 3 is 2.66 bits per heavy atom. The molecule has 3 aromatic rings. The Balaban J connectivity index is 1.46. The Hall–Kier alpha value is -2.92. The number of aromatic nitrogens is 1. The summed E-state index contributed by atoms with van der Waals surface area (Å²) in [6.45, 7) is 1.06. The normalized spacial score (nSPS) is 12.2. The molecule has 2 N–H and O–H groups in total. The topological polar surface area (TPSA) is 65.2 Å². The summed E-state index contributed by atoms with van der Waals surface area (Å²) in [6, 6.07) is 13.7. The molecule has 1 heterocycles. The zero-order chi connectivity index (χ0) is 20.4. The fraction of sp³-hybridized carbons (Fsp3) is 0.333. The number of aromatic amines is 1. The molecule has 150 valence electrons. The minimum Gasteiger partial charge on any atom is -0.326 e. The van der Waals surface area contributed by atoms with Crippen molar-refractivity contribution in [3.05, 3.63) is 63.9 Å². The number of amides is 1. The summed E-state index contributed by atoms with van der Waals surface area (Å²) in [7, 11) is 4.13. The van der Waals surface area contributed by atoms with Crippen LogP contribution in [0.1, 0.15) is 36.8 Å². The summed E-state index contributed by atoms with van der Waals surface area (Å²) in [5.41, 5.74) is 5.00. The maximum absolute atomic E-state index is 12.4. The van der Waals surface area contributed by atoms with Gasteiger partial charge in [-0.25, -0.2) is 0 Å². The molecule has 0 spiro atoms. The first-order chi connectivity index (χ1) is 14.0. The van der Waals surface area contributed by atoms with Crippen LogP contribution in [0.25, 0.3) is 22.0 Å². The van der Waals surface area contributed by atoms with Gasteiger partial charge < -0.3 is 15.2 Å². The zero-order valence-electron chi connectivity index (χ0n) is 17.0. The molecule has 0 radical (unpaired) electrons. The fourth-order valence-electron chi connectivity index (χ4n) is 4.11. The fourth-order valence-corrected chi connectivity index (χ4v) is 4.11. The molecule has 5 heteroatoms. The second-order valence-corrected chi connectivity index (χ2v) is 8.06. The smallest absolute Gasteiger partial charge is 0.256 e. The Kier molecular flexibility index (Phi) is 5.49. The van der Waals surface area contributed by atoms with Gasteiger partial charge in [0.25, 0.3) is 5.56 Å². The Morgan fingerprint density at radius 1 is 1.07 bits per heavy atom. The minimum atomic E-state index is -0.0566. The number of carbonyl (C=O) groups is 1. The van der Waals surface area contributed by atoms with E-state index in [-0.39, 0.29) is 11.5 Å². The van der Waals surface area contributed by atoms with Crippen molar-refractivity contribution in [2.75, 3.05) is 26.0 Å². The van der Waals surface area contributed by atoms with E-state index in [0.717, 1.165) is 71.1 Å². The summed E-state index contributed by atoms with van der Waals surface area (Å²) in [6.07, 6.45) is 4.39. The third-order valence-electron chi connectivity index (χ3n) is 5.57. The van der Waals surface area contributed by atoms with Crippen LogP contribution in [0.5, 0.6) is 0 Å². The first kappa shape index (κ1) is 19.4. The number of hydrogen-bond acceptors (Lipinski definition) is 3. The second kappa shape index (κ2) is 8.21. The number of fused-ring (bicyclic) bond motifs is 5. The maximum Gasteiger partial charge on any atom is 0.256 e. The number of pyridine rings is 1. The van der Waals surface area contributed by atoms with Gasteiger partial charge in [-0.3, -0.25) is 9.59 Å². The lowest BCUT2D eigenvalue weighted by Crippen LogP contribution is -2.14. The predicted octanol–water partition coefficient (Wildman–Crippen LogP) is 4.16. The number of carbonyl (C=O) groups excluding carboxylic acids is 1. The van der Waals surface area contributed by atoms with Crippen molar-refractivity contribution in [1.82, 2.24) is 9.88 Å². The number of nitrogens with zero attached hydrogens (tertiary/aromatic N) is 1. The molecule has 0 saturated heterocycles. The Morgan fingerprint density at radius 2 is 1.86 bits per heavy atom. The number of nitrogens with one attached hydrogen (secondary N) is 2. The van der Waals surface area contributed by atoms with Crippen molar-refractivity contribution in [3.63, 3.8) is 0 Å². The second-order valence-electron chi connectivity index (χ2n) is 8.06. The molecule has 29 heavy (non-hydrogen) atoms. The number of rotatable bonds is 7. The van der Waals surface area contributed by atoms with Crippen molar-refractivity contribution in [2.45, 2.75) is 32.1 Å². The van der Waals surface area contributed by atoms with Gasteiger partial charge in [0.1, 0.15) is 0 Å². The molecular formula is C24H27N3O2. The lowest BCUT2D eigenvalue weighted by Gasteiger charge is -2.09. The van der Waals surface area contributed by atoms with Crippen LogP contribution in [-0.4, -0.2) is 36.4 Å². The highest BCUT2D eigenvalue weighted by atomic mass is 16.1. The van der Waals surface area contributed by atoms with Crippen LogP contribution in [0.15, 0.2) is 47.3 Å². The van der Waals surface area contributed by atoms with Gasteiger partial charge in [0.2, 0.25) is 5.91 Å². The van der Waals surface area contributed by atoms with Crippen molar-refractivity contribution in [3.8, 4) is 11.3 Å². The predicted molar refractivity (Wildman–Crippen MR) is 118 cm³/mol. The molecule has 0 unspecified atom stereocenters. The van der Waals surface area contributed by atoms with Gasteiger partial charge in [-0.1, -0.05) is 30.7 Å². The van der Waals surface area contributed by atoms with E-state index < -0.39 is 0 Å². The first-order valence-corrected chi connectivity index (χ1v) is 10.2. The Bertz CT molecular complexity index is 1110. The summed E-state index contributed by atoms with van der Waals surface area (Å²) < 4.78 is 0. The molecule has 1 amide bonds. The number of hydrogen-bond donors (Lipinski definition) is 2. The van der Waals surface area contributed by atoms with Crippen LogP contribution < -0.4 is 10.9 Å². The van der Waals surface area contributed by atoms with E-state index in [1.165, 1.54) is 0 Å². The SMILES string of the molecule is CN(C)CCCCCC(=O)Nc1ccc2c(c1)Cc1c-2[nH]c(=O)c2ccccc12. The summed E-state index contributed by atoms with van der Waals surface area (Å²) in [5, 5.41) is 4.75. The van der Waals surface area contributed by atoms with Gasteiger partial charge in [-0.15, -0.1) is 0 Å². The minimum absolute atomic E-state index is 0.0566. The van der Waals surface area contributed by atoms with Crippen LogP contribution in [0.2, 0.25) is 0 Å². The average Bonchev–Trinajstić information content (AvgIpc) is 3.05. The summed E-state index contributed by atoms with van der Waals surface area (Å²) in [4.78, 5) is 29.9. The van der Waals surface area contributed by atoms with Gasteiger partial charge in [0, 0.05) is 29.5 Å². The van der Waals surface area contributed by atoms with E-state index in [1.54, 1.807) is 0 Å². The van der Waals surface area contributed by atoms with Gasteiger partial charge in [0.15, 0.2) is 0 Å². The molecular weight excluding hydrogens is 362 g/mol. The molecule has 0 fully saturated rings. The maximum atomic E-state index is 12.4. The molecule has 1 aliphatic rings. The van der Waals surface area contributed by atoms with E-state index in [4.69, 9.17) is 0 Å². The molecule has 1 aromatic heterocycles. The molecule has 5 nitrogen and oxygen atoms in total. The van der Waals surface area contributed by atoms with Crippen molar-refractivity contribution >= 4 is 22.4 Å². The quantitative estimate of drug-likeness (QED) is 0.467. The van der Waals surface area contributed by atoms with Gasteiger partial charge in [-0.2, -0.15) is 0 Å². The van der Waals surface area contributed by atoms with Crippen LogP contribution in [0, 0.1) is 0 Å². The third-order valence-corrected chi connectivity index (χ3v) is 5.57. The largest absolute Gasteiger partial charge is 0.326 e. The molecule has 2 aromatic carbocycles. The van der Waals surface area contributed by atoms with Crippen molar-refractivity contribution in [1.29, 1.82) is 0 Å². The Labute approximate surface area is 170 Å². The van der Waals surface area contributed by atoms with Crippen LogP contribution >= 0.6 is 0 Å². The monoisotopic (exact) mass is 389 g/mol. The van der Waals surface area contributed by atoms with Crippen molar-refractivity contribution in [2.24, 2.45) is 0 Å². The lowest BCUT2D eigenvalue weighted by atomic mass is 10.0. The summed E-state index contributed by atoms with van der Waals surface area (Å²) in [5.74, 6) is 0.0594. The van der Waals surface area contributed by atoms with Crippen molar-refractivity contribution < 1.29 is 4.79 Å². The van der Waals surface area contributed by atoms with Crippen LogP contribution in [-0.2, 0) is 11.2 Å². The lowest BCUT2D eigenvalue weighted by molar-refractivity contribution is -0.116. The number of benzene rings is 2. The van der Waals surface area contributed by atoms with Crippen LogP contribution in [0.4, 0.5) is 5.69 Å². The number of H-pyrrole nitrogens is 1. The molecule has 0 atom stereocenters. The highest BCUT2D eigenvalue weighted by molar-refractivity contribution is 5.94. The zero-order valence-corrected chi connectivity index (χ0v) is 17.0. The number of anilines is 1. The van der Waals surface area contributed by atoms with Gasteiger partial charge in [0.05, 0.1) is 5.69 Å². The van der Waals surface area contributed by atoms with E-state index >= 15 is 0 Å². The van der Waals surface area contributed by atoms with E-state index in [2.05, 4.69) is 29.3 Å². The summed E-state index contributed by atoms with van der Waals surface area (Å²) >= 11 is 0.